The average Bonchev–Trinajstić information content (AvgIpc) is 2.56. The number of hydrogen-bond donors (Lipinski definition) is 0. The van der Waals surface area contributed by atoms with Crippen LogP contribution in [0.5, 0.6) is 0 Å². The zero-order chi connectivity index (χ0) is 14.5. The SMILES string of the molecule is O=C(c1cccc(CN2CCSCC2)c1)C1CCCCC1. The average molecular weight is 303 g/mol. The van der Waals surface area contributed by atoms with E-state index in [0.717, 1.165) is 24.9 Å². The van der Waals surface area contributed by atoms with Crippen molar-refractivity contribution < 1.29 is 4.79 Å². The van der Waals surface area contributed by atoms with Crippen molar-refractivity contribution in [3.63, 3.8) is 0 Å². The van der Waals surface area contributed by atoms with Crippen molar-refractivity contribution in [2.75, 3.05) is 24.6 Å². The molecule has 0 aromatic heterocycles. The van der Waals surface area contributed by atoms with E-state index in [-0.39, 0.29) is 5.92 Å². The van der Waals surface area contributed by atoms with Crippen LogP contribution >= 0.6 is 11.8 Å². The highest BCUT2D eigenvalue weighted by atomic mass is 32.2. The predicted molar refractivity (Wildman–Crippen MR) is 89.9 cm³/mol. The minimum absolute atomic E-state index is 0.278. The van der Waals surface area contributed by atoms with Gasteiger partial charge in [-0.1, -0.05) is 37.5 Å². The number of ketones is 1. The van der Waals surface area contributed by atoms with Gasteiger partial charge < -0.3 is 0 Å². The van der Waals surface area contributed by atoms with E-state index < -0.39 is 0 Å². The predicted octanol–water partition coefficient (Wildman–Crippen LogP) is 4.00. The Morgan fingerprint density at radius 1 is 1.14 bits per heavy atom. The molecule has 0 N–H and O–H groups in total. The van der Waals surface area contributed by atoms with Crippen LogP contribution in [0.3, 0.4) is 0 Å². The normalized spacial score (nSPS) is 21.3. The second kappa shape index (κ2) is 7.46. The van der Waals surface area contributed by atoms with E-state index >= 15 is 0 Å². The number of hydrogen-bond acceptors (Lipinski definition) is 3. The summed E-state index contributed by atoms with van der Waals surface area (Å²) in [5, 5.41) is 0. The molecule has 3 heteroatoms. The monoisotopic (exact) mass is 303 g/mol. The number of rotatable bonds is 4. The summed E-state index contributed by atoms with van der Waals surface area (Å²) in [6, 6.07) is 8.37. The topological polar surface area (TPSA) is 20.3 Å². The molecule has 114 valence electrons. The van der Waals surface area contributed by atoms with Crippen LogP contribution in [0.1, 0.15) is 48.0 Å². The summed E-state index contributed by atoms with van der Waals surface area (Å²) in [5.41, 5.74) is 2.23. The first-order valence-corrected chi connectivity index (χ1v) is 9.41. The lowest BCUT2D eigenvalue weighted by Gasteiger charge is -2.26. The van der Waals surface area contributed by atoms with Crippen LogP contribution in [0, 0.1) is 5.92 Å². The maximum absolute atomic E-state index is 12.6. The van der Waals surface area contributed by atoms with Crippen LogP contribution in [0.2, 0.25) is 0 Å². The van der Waals surface area contributed by atoms with Crippen LogP contribution in [-0.4, -0.2) is 35.3 Å². The van der Waals surface area contributed by atoms with E-state index in [2.05, 4.69) is 23.1 Å². The lowest BCUT2D eigenvalue weighted by molar-refractivity contribution is 0.0889. The number of Topliss-reactive ketones (excluding diaryl/α,β-unsaturated/α-hetero) is 1. The van der Waals surface area contributed by atoms with E-state index in [9.17, 15) is 4.79 Å². The highest BCUT2D eigenvalue weighted by molar-refractivity contribution is 7.99. The van der Waals surface area contributed by atoms with Gasteiger partial charge >= 0.3 is 0 Å². The molecule has 0 spiro atoms. The lowest BCUT2D eigenvalue weighted by atomic mass is 9.83. The van der Waals surface area contributed by atoms with Crippen LogP contribution in [0.4, 0.5) is 0 Å². The second-order valence-corrected chi connectivity index (χ2v) is 7.51. The third-order valence-electron chi connectivity index (χ3n) is 4.70. The zero-order valence-corrected chi connectivity index (χ0v) is 13.5. The van der Waals surface area contributed by atoms with Crippen molar-refractivity contribution in [1.29, 1.82) is 0 Å². The van der Waals surface area contributed by atoms with Crippen LogP contribution in [0.25, 0.3) is 0 Å². The minimum atomic E-state index is 0.278. The molecule has 0 bridgehead atoms. The maximum atomic E-state index is 12.6. The van der Waals surface area contributed by atoms with Gasteiger partial charge in [-0.25, -0.2) is 0 Å². The molecule has 2 fully saturated rings. The van der Waals surface area contributed by atoms with Crippen molar-refractivity contribution in [3.8, 4) is 0 Å². The Hall–Kier alpha value is -0.800. The number of nitrogens with zero attached hydrogens (tertiary/aromatic N) is 1. The Morgan fingerprint density at radius 3 is 2.67 bits per heavy atom. The standard InChI is InChI=1S/C18H25NOS/c20-18(16-6-2-1-3-7-16)17-8-4-5-15(13-17)14-19-9-11-21-12-10-19/h4-5,8,13,16H,1-3,6-7,9-12,14H2. The maximum Gasteiger partial charge on any atom is 0.165 e. The molecule has 1 aromatic carbocycles. The summed E-state index contributed by atoms with van der Waals surface area (Å²) < 4.78 is 0. The lowest BCUT2D eigenvalue weighted by Crippen LogP contribution is -2.32. The van der Waals surface area contributed by atoms with Gasteiger partial charge in [0.05, 0.1) is 0 Å². The molecule has 1 saturated carbocycles. The third-order valence-corrected chi connectivity index (χ3v) is 5.64. The summed E-state index contributed by atoms with van der Waals surface area (Å²) >= 11 is 2.04. The van der Waals surface area contributed by atoms with Crippen LogP contribution in [0.15, 0.2) is 24.3 Å². The Bertz CT molecular complexity index is 476. The number of benzene rings is 1. The van der Waals surface area contributed by atoms with E-state index in [4.69, 9.17) is 0 Å². The number of carbonyl (C=O) groups is 1. The molecule has 2 aliphatic rings. The van der Waals surface area contributed by atoms with Gasteiger partial charge in [-0.2, -0.15) is 11.8 Å². The van der Waals surface area contributed by atoms with Crippen molar-refractivity contribution in [2.45, 2.75) is 38.6 Å². The molecule has 0 unspecified atom stereocenters. The summed E-state index contributed by atoms with van der Waals surface area (Å²) in [6.07, 6.45) is 5.93. The molecule has 1 aliphatic carbocycles. The fourth-order valence-corrected chi connectivity index (χ4v) is 4.42. The summed E-state index contributed by atoms with van der Waals surface area (Å²) in [4.78, 5) is 15.1. The van der Waals surface area contributed by atoms with Gasteiger partial charge in [-0.05, 0) is 24.5 Å². The quantitative estimate of drug-likeness (QED) is 0.784. The molecule has 1 aliphatic heterocycles. The minimum Gasteiger partial charge on any atom is -0.297 e. The fourth-order valence-electron chi connectivity index (χ4n) is 3.44. The molecule has 0 radical (unpaired) electrons. The first kappa shape index (κ1) is 15.1. The Morgan fingerprint density at radius 2 is 1.90 bits per heavy atom. The molecule has 0 amide bonds. The van der Waals surface area contributed by atoms with Gasteiger partial charge in [0, 0.05) is 42.6 Å². The molecule has 3 rings (SSSR count). The summed E-state index contributed by atoms with van der Waals surface area (Å²) in [5.74, 6) is 3.13. The van der Waals surface area contributed by atoms with E-state index in [0.29, 0.717) is 5.78 Å². The van der Waals surface area contributed by atoms with E-state index in [1.807, 2.05) is 17.8 Å². The second-order valence-electron chi connectivity index (χ2n) is 6.29. The highest BCUT2D eigenvalue weighted by Gasteiger charge is 2.22. The first-order valence-electron chi connectivity index (χ1n) is 8.26. The smallest absolute Gasteiger partial charge is 0.165 e. The molecule has 21 heavy (non-hydrogen) atoms. The van der Waals surface area contributed by atoms with Gasteiger partial charge in [0.1, 0.15) is 0 Å². The van der Waals surface area contributed by atoms with Crippen molar-refractivity contribution in [2.24, 2.45) is 5.92 Å². The molecule has 1 aromatic rings. The fraction of sp³-hybridized carbons (Fsp3) is 0.611. The Labute approximate surface area is 132 Å². The van der Waals surface area contributed by atoms with Crippen LogP contribution in [-0.2, 0) is 6.54 Å². The van der Waals surface area contributed by atoms with Crippen molar-refractivity contribution in [1.82, 2.24) is 4.90 Å². The first-order chi connectivity index (χ1) is 10.3. The molecule has 1 heterocycles. The number of thioether (sulfide) groups is 1. The Balaban J connectivity index is 1.65. The Kier molecular flexibility index (Phi) is 5.37. The van der Waals surface area contributed by atoms with Gasteiger partial charge in [-0.3, -0.25) is 9.69 Å². The van der Waals surface area contributed by atoms with Gasteiger partial charge in [0.2, 0.25) is 0 Å². The van der Waals surface area contributed by atoms with Gasteiger partial charge in [0.15, 0.2) is 5.78 Å². The third kappa shape index (κ3) is 4.10. The molecular weight excluding hydrogens is 278 g/mol. The van der Waals surface area contributed by atoms with Gasteiger partial charge in [-0.15, -0.1) is 0 Å². The molecule has 1 saturated heterocycles. The van der Waals surface area contributed by atoms with E-state index in [1.165, 1.54) is 49.4 Å². The largest absolute Gasteiger partial charge is 0.297 e. The van der Waals surface area contributed by atoms with E-state index in [1.54, 1.807) is 0 Å². The van der Waals surface area contributed by atoms with Gasteiger partial charge in [0.25, 0.3) is 0 Å². The summed E-state index contributed by atoms with van der Waals surface area (Å²) in [7, 11) is 0. The summed E-state index contributed by atoms with van der Waals surface area (Å²) in [6.45, 7) is 3.34. The molecule has 2 nitrogen and oxygen atoms in total. The van der Waals surface area contributed by atoms with Crippen LogP contribution < -0.4 is 0 Å². The van der Waals surface area contributed by atoms with Crippen molar-refractivity contribution >= 4 is 17.5 Å². The van der Waals surface area contributed by atoms with Crippen molar-refractivity contribution in [3.05, 3.63) is 35.4 Å². The molecule has 0 atom stereocenters. The highest BCUT2D eigenvalue weighted by Crippen LogP contribution is 2.27. The molecular formula is C18H25NOS. The number of carbonyl (C=O) groups excluding carboxylic acids is 1. The zero-order valence-electron chi connectivity index (χ0n) is 12.7.